The van der Waals surface area contributed by atoms with Crippen LogP contribution in [0.1, 0.15) is 32.4 Å². The first-order valence-electron chi connectivity index (χ1n) is 6.68. The Balaban J connectivity index is 2.32. The minimum atomic E-state index is -3.48. The van der Waals surface area contributed by atoms with Crippen molar-refractivity contribution in [3.8, 4) is 0 Å². The highest BCUT2D eigenvalue weighted by Crippen LogP contribution is 2.37. The van der Waals surface area contributed by atoms with Gasteiger partial charge in [-0.25, -0.2) is 0 Å². The van der Waals surface area contributed by atoms with E-state index in [1.165, 1.54) is 0 Å². The molecule has 6 heteroatoms. The van der Waals surface area contributed by atoms with Gasteiger partial charge in [-0.1, -0.05) is 30.3 Å². The molecule has 1 heterocycles. The number of alkyl halides is 2. The fourth-order valence-corrected chi connectivity index (χ4v) is 2.44. The molecule has 0 bridgehead atoms. The Morgan fingerprint density at radius 2 is 1.86 bits per heavy atom. The summed E-state index contributed by atoms with van der Waals surface area (Å²) in [5.74, 6) is -5.14. The largest absolute Gasteiger partial charge is 0.347 e. The van der Waals surface area contributed by atoms with E-state index in [0.717, 1.165) is 5.56 Å². The summed E-state index contributed by atoms with van der Waals surface area (Å²) < 4.78 is 26.3. The fraction of sp³-hybridized carbons (Fsp3) is 0.467. The van der Waals surface area contributed by atoms with Crippen LogP contribution < -0.4 is 10.6 Å². The summed E-state index contributed by atoms with van der Waals surface area (Å²) in [7, 11) is 0. The van der Waals surface area contributed by atoms with Crippen LogP contribution in [-0.4, -0.2) is 23.8 Å². The molecular weight excluding hydrogens is 278 g/mol. The van der Waals surface area contributed by atoms with Crippen molar-refractivity contribution in [2.75, 3.05) is 0 Å². The topological polar surface area (TPSA) is 58.2 Å². The maximum absolute atomic E-state index is 13.1. The molecule has 0 radical (unpaired) electrons. The third-order valence-corrected chi connectivity index (χ3v) is 3.83. The van der Waals surface area contributed by atoms with Crippen LogP contribution in [0.3, 0.4) is 0 Å². The molecule has 1 saturated heterocycles. The van der Waals surface area contributed by atoms with Crippen LogP contribution in [-0.2, 0) is 9.59 Å². The number of benzene rings is 1. The maximum Gasteiger partial charge on any atom is 0.321 e. The van der Waals surface area contributed by atoms with Crippen molar-refractivity contribution in [1.29, 1.82) is 0 Å². The highest BCUT2D eigenvalue weighted by atomic mass is 19.3. The Kier molecular flexibility index (Phi) is 3.74. The van der Waals surface area contributed by atoms with E-state index in [9.17, 15) is 18.4 Å². The average molecular weight is 296 g/mol. The van der Waals surface area contributed by atoms with Crippen LogP contribution in [0.25, 0.3) is 0 Å². The summed E-state index contributed by atoms with van der Waals surface area (Å²) in [6.07, 6.45) is 0. The Morgan fingerprint density at radius 3 is 2.38 bits per heavy atom. The quantitative estimate of drug-likeness (QED) is 0.896. The number of rotatable bonds is 3. The summed E-state index contributed by atoms with van der Waals surface area (Å²) in [6.45, 7) is 3.80. The molecule has 1 fully saturated rings. The molecule has 0 unspecified atom stereocenters. The molecule has 0 aliphatic carbocycles. The van der Waals surface area contributed by atoms with Gasteiger partial charge in [0.25, 0.3) is 5.91 Å². The SMILES string of the molecule is CC(F)(F)C(=O)N[C@H]1[C@H](c2ccccc2)NC(=O)C1(C)C. The standard InChI is InChI=1S/C15H18F2N2O2/c1-14(2)11(19-13(21)15(3,16)17)10(18-12(14)20)9-7-5-4-6-8-9/h4-8,10-11H,1-3H3,(H,18,20)(H,19,21)/t10-,11-/m0/s1. The molecule has 2 N–H and O–H groups in total. The van der Waals surface area contributed by atoms with E-state index in [2.05, 4.69) is 10.6 Å². The van der Waals surface area contributed by atoms with Crippen LogP contribution >= 0.6 is 0 Å². The van der Waals surface area contributed by atoms with E-state index in [0.29, 0.717) is 6.92 Å². The second-order valence-corrected chi connectivity index (χ2v) is 5.92. The van der Waals surface area contributed by atoms with Crippen LogP contribution in [0.5, 0.6) is 0 Å². The molecule has 2 atom stereocenters. The second kappa shape index (κ2) is 5.09. The van der Waals surface area contributed by atoms with Gasteiger partial charge in [0.15, 0.2) is 0 Å². The van der Waals surface area contributed by atoms with Crippen molar-refractivity contribution in [1.82, 2.24) is 10.6 Å². The lowest BCUT2D eigenvalue weighted by molar-refractivity contribution is -0.144. The first-order valence-corrected chi connectivity index (χ1v) is 6.68. The lowest BCUT2D eigenvalue weighted by Gasteiger charge is -2.29. The summed E-state index contributed by atoms with van der Waals surface area (Å²) in [5.41, 5.74) is -0.206. The lowest BCUT2D eigenvalue weighted by Crippen LogP contribution is -2.51. The van der Waals surface area contributed by atoms with Crippen molar-refractivity contribution < 1.29 is 18.4 Å². The monoisotopic (exact) mass is 296 g/mol. The predicted molar refractivity (Wildman–Crippen MR) is 73.7 cm³/mol. The van der Waals surface area contributed by atoms with E-state index in [-0.39, 0.29) is 5.91 Å². The normalized spacial score (nSPS) is 24.5. The van der Waals surface area contributed by atoms with E-state index in [1.54, 1.807) is 38.1 Å². The van der Waals surface area contributed by atoms with Gasteiger partial charge in [0.05, 0.1) is 17.5 Å². The first-order chi connectivity index (χ1) is 9.64. The van der Waals surface area contributed by atoms with Gasteiger partial charge < -0.3 is 10.6 Å². The van der Waals surface area contributed by atoms with Gasteiger partial charge in [0.1, 0.15) is 0 Å². The van der Waals surface area contributed by atoms with Gasteiger partial charge >= 0.3 is 5.92 Å². The van der Waals surface area contributed by atoms with Crippen LogP contribution in [0, 0.1) is 5.41 Å². The summed E-state index contributed by atoms with van der Waals surface area (Å²) in [6, 6.07) is 7.70. The van der Waals surface area contributed by atoms with Crippen molar-refractivity contribution >= 4 is 11.8 Å². The molecule has 1 aliphatic heterocycles. The molecule has 21 heavy (non-hydrogen) atoms. The molecule has 0 spiro atoms. The first kappa shape index (κ1) is 15.4. The zero-order valence-electron chi connectivity index (χ0n) is 12.1. The number of hydrogen-bond donors (Lipinski definition) is 2. The van der Waals surface area contributed by atoms with Crippen molar-refractivity contribution in [2.45, 2.75) is 38.8 Å². The third-order valence-electron chi connectivity index (χ3n) is 3.83. The number of nitrogens with one attached hydrogen (secondary N) is 2. The van der Waals surface area contributed by atoms with Crippen molar-refractivity contribution in [2.24, 2.45) is 5.41 Å². The fourth-order valence-electron chi connectivity index (χ4n) is 2.44. The summed E-state index contributed by atoms with van der Waals surface area (Å²) >= 11 is 0. The third kappa shape index (κ3) is 2.89. The lowest BCUT2D eigenvalue weighted by atomic mass is 9.82. The highest BCUT2D eigenvalue weighted by molar-refractivity contribution is 5.89. The molecule has 0 aromatic heterocycles. The van der Waals surface area contributed by atoms with Gasteiger partial charge in [-0.3, -0.25) is 9.59 Å². The molecule has 1 aromatic rings. The van der Waals surface area contributed by atoms with Gasteiger partial charge in [-0.2, -0.15) is 8.78 Å². The Hall–Kier alpha value is -1.98. The van der Waals surface area contributed by atoms with Crippen LogP contribution in [0.15, 0.2) is 30.3 Å². The Bertz CT molecular complexity index is 553. The van der Waals surface area contributed by atoms with E-state index >= 15 is 0 Å². The Morgan fingerprint density at radius 1 is 1.29 bits per heavy atom. The summed E-state index contributed by atoms with van der Waals surface area (Å²) in [4.78, 5) is 23.7. The zero-order valence-corrected chi connectivity index (χ0v) is 12.1. The van der Waals surface area contributed by atoms with Crippen molar-refractivity contribution in [3.05, 3.63) is 35.9 Å². The van der Waals surface area contributed by atoms with Gasteiger partial charge in [0.2, 0.25) is 5.91 Å². The molecule has 2 rings (SSSR count). The van der Waals surface area contributed by atoms with Gasteiger partial charge in [-0.05, 0) is 19.4 Å². The van der Waals surface area contributed by atoms with E-state index < -0.39 is 29.3 Å². The van der Waals surface area contributed by atoms with E-state index in [4.69, 9.17) is 0 Å². The van der Waals surface area contributed by atoms with Gasteiger partial charge in [0, 0.05) is 6.92 Å². The van der Waals surface area contributed by atoms with E-state index in [1.807, 2.05) is 6.07 Å². The molecular formula is C15H18F2N2O2. The summed E-state index contributed by atoms with van der Waals surface area (Å²) in [5, 5.41) is 5.08. The van der Waals surface area contributed by atoms with Crippen molar-refractivity contribution in [3.63, 3.8) is 0 Å². The molecule has 114 valence electrons. The number of amides is 2. The van der Waals surface area contributed by atoms with Crippen LogP contribution in [0.2, 0.25) is 0 Å². The second-order valence-electron chi connectivity index (χ2n) is 5.92. The zero-order chi connectivity index (χ0) is 15.8. The smallest absolute Gasteiger partial charge is 0.321 e. The molecule has 4 nitrogen and oxygen atoms in total. The molecule has 1 aliphatic rings. The number of carbonyl (C=O) groups is 2. The predicted octanol–water partition coefficient (Wildman–Crippen LogP) is 2.02. The molecule has 0 saturated carbocycles. The minimum absolute atomic E-state index is 0.277. The minimum Gasteiger partial charge on any atom is -0.347 e. The van der Waals surface area contributed by atoms with Crippen LogP contribution in [0.4, 0.5) is 8.78 Å². The van der Waals surface area contributed by atoms with Gasteiger partial charge in [-0.15, -0.1) is 0 Å². The average Bonchev–Trinajstić information content (AvgIpc) is 2.62. The molecule has 1 aromatic carbocycles. The molecule has 2 amide bonds. The Labute approximate surface area is 121 Å². The number of halogens is 2. The maximum atomic E-state index is 13.1. The highest BCUT2D eigenvalue weighted by Gasteiger charge is 2.51. The number of carbonyl (C=O) groups excluding carboxylic acids is 2. The number of hydrogen-bond acceptors (Lipinski definition) is 2.